The third-order valence-corrected chi connectivity index (χ3v) is 6.30. The van der Waals surface area contributed by atoms with E-state index in [2.05, 4.69) is 20.3 Å². The zero-order chi connectivity index (χ0) is 22.3. The Labute approximate surface area is 187 Å². The number of guanidine groups is 1. The summed E-state index contributed by atoms with van der Waals surface area (Å²) >= 11 is 12.6. The molecular formula is C19H16Cl2N5O4P. The van der Waals surface area contributed by atoms with Crippen LogP contribution in [0.2, 0.25) is 10.0 Å². The van der Waals surface area contributed by atoms with Crippen molar-refractivity contribution < 1.29 is 19.1 Å². The van der Waals surface area contributed by atoms with Crippen LogP contribution < -0.4 is 10.8 Å². The van der Waals surface area contributed by atoms with Crippen molar-refractivity contribution in [3.05, 3.63) is 58.2 Å². The fraction of sp³-hybridized carbons (Fsp3) is 0.158. The van der Waals surface area contributed by atoms with Crippen LogP contribution in [0.1, 0.15) is 5.56 Å². The second-order valence-corrected chi connectivity index (χ2v) is 9.25. The molecule has 2 unspecified atom stereocenters. The molecule has 4 rings (SSSR count). The summed E-state index contributed by atoms with van der Waals surface area (Å²) in [7, 11) is -2.79. The highest BCUT2D eigenvalue weighted by Gasteiger charge is 2.37. The highest BCUT2D eigenvalue weighted by atomic mass is 35.5. The molecule has 3 N–H and O–H groups in total. The highest BCUT2D eigenvalue weighted by Crippen LogP contribution is 2.37. The lowest BCUT2D eigenvalue weighted by Gasteiger charge is -2.36. The fourth-order valence-electron chi connectivity index (χ4n) is 3.30. The van der Waals surface area contributed by atoms with E-state index in [-0.39, 0.29) is 23.2 Å². The molecule has 0 saturated heterocycles. The Morgan fingerprint density at radius 3 is 2.48 bits per heavy atom. The number of fused-ring (bicyclic) bond motifs is 1. The van der Waals surface area contributed by atoms with Crippen molar-refractivity contribution in [2.24, 2.45) is 15.9 Å². The predicted octanol–water partition coefficient (Wildman–Crippen LogP) is 2.54. The van der Waals surface area contributed by atoms with Crippen LogP contribution in [0.3, 0.4) is 0 Å². The number of carbonyl (C=O) groups excluding carboxylic acids is 1. The van der Waals surface area contributed by atoms with Gasteiger partial charge in [-0.1, -0.05) is 35.3 Å². The van der Waals surface area contributed by atoms with Crippen LogP contribution in [0.15, 0.2) is 52.6 Å². The minimum Gasteiger partial charge on any atom is -0.323 e. The second-order valence-electron chi connectivity index (χ2n) is 6.89. The number of amides is 1. The topological polar surface area (TPSA) is 127 Å². The monoisotopic (exact) mass is 479 g/mol. The van der Waals surface area contributed by atoms with Gasteiger partial charge in [0.2, 0.25) is 5.96 Å². The first-order chi connectivity index (χ1) is 14.6. The Balaban J connectivity index is 1.59. The summed E-state index contributed by atoms with van der Waals surface area (Å²) in [6, 6.07) is 7.73. The number of hydrogen-bond donors (Lipinski definition) is 3. The number of anilines is 1. The average Bonchev–Trinajstić information content (AvgIpc) is 2.71. The van der Waals surface area contributed by atoms with Gasteiger partial charge in [-0.2, -0.15) is 0 Å². The Kier molecular flexibility index (Phi) is 5.72. The van der Waals surface area contributed by atoms with E-state index in [4.69, 9.17) is 33.0 Å². The van der Waals surface area contributed by atoms with Crippen LogP contribution in [-0.2, 0) is 9.36 Å². The number of aliphatic imine (C=N–C) groups is 2. The van der Waals surface area contributed by atoms with Crippen LogP contribution in [0.25, 0.3) is 5.57 Å². The first-order valence-corrected chi connectivity index (χ1v) is 11.4. The number of carbonyl (C=O) groups is 1. The number of benzene rings is 1. The number of rotatable bonds is 3. The maximum Gasteiger partial charge on any atom is 0.374 e. The molecule has 0 aliphatic carbocycles. The van der Waals surface area contributed by atoms with E-state index in [0.717, 1.165) is 0 Å². The average molecular weight is 480 g/mol. The number of nitrogens with zero attached hydrogens (tertiary/aromatic N) is 4. The molecule has 160 valence electrons. The maximum absolute atomic E-state index is 13.0. The minimum absolute atomic E-state index is 0.235. The summed E-state index contributed by atoms with van der Waals surface area (Å²) in [4.78, 5) is 45.3. The van der Waals surface area contributed by atoms with Gasteiger partial charge in [-0.05, 0) is 24.3 Å². The maximum atomic E-state index is 13.0. The van der Waals surface area contributed by atoms with Gasteiger partial charge in [0, 0.05) is 24.4 Å². The molecule has 0 radical (unpaired) electrons. The zero-order valence-corrected chi connectivity index (χ0v) is 18.4. The lowest BCUT2D eigenvalue weighted by atomic mass is 9.92. The van der Waals surface area contributed by atoms with E-state index in [9.17, 15) is 9.36 Å². The van der Waals surface area contributed by atoms with Gasteiger partial charge in [-0.25, -0.2) is 15.0 Å². The van der Waals surface area contributed by atoms with Crippen LogP contribution in [-0.4, -0.2) is 51.0 Å². The molecule has 12 heteroatoms. The van der Waals surface area contributed by atoms with Crippen molar-refractivity contribution in [2.75, 3.05) is 12.4 Å². The lowest BCUT2D eigenvalue weighted by molar-refractivity contribution is -0.126. The molecule has 9 nitrogen and oxygen atoms in total. The smallest absolute Gasteiger partial charge is 0.323 e. The van der Waals surface area contributed by atoms with Gasteiger partial charge >= 0.3 is 7.60 Å². The van der Waals surface area contributed by atoms with E-state index in [1.54, 1.807) is 37.5 Å². The van der Waals surface area contributed by atoms with Crippen molar-refractivity contribution in [1.29, 1.82) is 0 Å². The molecule has 0 fully saturated rings. The molecule has 3 heterocycles. The number of hydrogen-bond acceptors (Lipinski definition) is 6. The molecule has 1 aromatic carbocycles. The Bertz CT molecular complexity index is 1170. The van der Waals surface area contributed by atoms with Crippen LogP contribution in [0, 0.1) is 5.92 Å². The Morgan fingerprint density at radius 1 is 1.16 bits per heavy atom. The molecular weight excluding hydrogens is 464 g/mol. The molecule has 0 spiro atoms. The van der Waals surface area contributed by atoms with Crippen molar-refractivity contribution in [2.45, 2.75) is 6.17 Å². The quantitative estimate of drug-likeness (QED) is 0.580. The zero-order valence-electron chi connectivity index (χ0n) is 16.0. The van der Waals surface area contributed by atoms with E-state index in [1.165, 1.54) is 23.2 Å². The predicted molar refractivity (Wildman–Crippen MR) is 120 cm³/mol. The van der Waals surface area contributed by atoms with Crippen LogP contribution >= 0.6 is 30.8 Å². The standard InChI is InChI=1S/C19H16Cl2N5O4P/c1-26-17-10(7-12(18(26)27)16-13(20)3-2-4-14(16)21)8-23-19(25-17)24-11-5-6-15(22-9-11)31(28,29)30/h2-10,17H,1H3,(H,24,25)(H2,28,29,30). The molecule has 31 heavy (non-hydrogen) atoms. The fourth-order valence-corrected chi connectivity index (χ4v) is 4.38. The van der Waals surface area contributed by atoms with E-state index in [0.29, 0.717) is 26.9 Å². The van der Waals surface area contributed by atoms with Gasteiger partial charge in [0.15, 0.2) is 5.44 Å². The summed E-state index contributed by atoms with van der Waals surface area (Å²) in [5.41, 5.74) is 0.962. The first kappa shape index (κ1) is 21.7. The molecule has 2 atom stereocenters. The number of pyridine rings is 1. The number of aromatic nitrogens is 1. The largest absolute Gasteiger partial charge is 0.374 e. The summed E-state index contributed by atoms with van der Waals surface area (Å²) < 4.78 is 11.2. The molecule has 0 bridgehead atoms. The third kappa shape index (κ3) is 4.28. The Hall–Kier alpha value is -2.55. The molecule has 2 aliphatic heterocycles. The van der Waals surface area contributed by atoms with Gasteiger partial charge < -0.3 is 20.0 Å². The van der Waals surface area contributed by atoms with E-state index >= 15 is 0 Å². The summed E-state index contributed by atoms with van der Waals surface area (Å²) in [5, 5.41) is 3.68. The van der Waals surface area contributed by atoms with Crippen LogP contribution in [0.4, 0.5) is 5.69 Å². The van der Waals surface area contributed by atoms with Gasteiger partial charge in [0.1, 0.15) is 6.17 Å². The first-order valence-electron chi connectivity index (χ1n) is 8.99. The van der Waals surface area contributed by atoms with Crippen molar-refractivity contribution in [3.8, 4) is 0 Å². The third-order valence-electron chi connectivity index (χ3n) is 4.81. The van der Waals surface area contributed by atoms with E-state index < -0.39 is 13.8 Å². The molecule has 2 aliphatic rings. The minimum atomic E-state index is -4.42. The highest BCUT2D eigenvalue weighted by molar-refractivity contribution is 7.60. The van der Waals surface area contributed by atoms with E-state index in [1.807, 2.05) is 0 Å². The number of likely N-dealkylation sites (N-methyl/N-ethyl adjacent to an activating group) is 1. The summed E-state index contributed by atoms with van der Waals surface area (Å²) in [6.07, 6.45) is 4.15. The molecule has 0 saturated carbocycles. The second kappa shape index (κ2) is 8.18. The van der Waals surface area contributed by atoms with Gasteiger partial charge in [-0.3, -0.25) is 9.36 Å². The Morgan fingerprint density at radius 2 is 1.87 bits per heavy atom. The van der Waals surface area contributed by atoms with Gasteiger partial charge in [0.05, 0.1) is 27.8 Å². The van der Waals surface area contributed by atoms with Crippen molar-refractivity contribution in [3.63, 3.8) is 0 Å². The van der Waals surface area contributed by atoms with Gasteiger partial charge in [-0.15, -0.1) is 0 Å². The number of halogens is 2. The molecule has 1 aromatic heterocycles. The number of nitrogens with one attached hydrogen (secondary N) is 1. The molecule has 2 aromatic rings. The SMILES string of the molecule is CN1C(=O)C(c2c(Cl)cccc2Cl)=CC2C=NC(Nc3ccc(P(=O)(O)O)nc3)=NC21. The molecule has 1 amide bonds. The van der Waals surface area contributed by atoms with Crippen molar-refractivity contribution in [1.82, 2.24) is 9.88 Å². The van der Waals surface area contributed by atoms with Gasteiger partial charge in [0.25, 0.3) is 5.91 Å². The normalized spacial score (nSPS) is 20.8. The summed E-state index contributed by atoms with van der Waals surface area (Å²) in [6.45, 7) is 0. The summed E-state index contributed by atoms with van der Waals surface area (Å²) in [5.74, 6) is -0.327. The van der Waals surface area contributed by atoms with Crippen molar-refractivity contribution >= 4 is 65.6 Å². The van der Waals surface area contributed by atoms with Crippen LogP contribution in [0.5, 0.6) is 0 Å². The lowest BCUT2D eigenvalue weighted by Crippen LogP contribution is -2.47.